The zero-order valence-electron chi connectivity index (χ0n) is 21.4. The van der Waals surface area contributed by atoms with E-state index < -0.39 is 30.2 Å². The fraction of sp³-hybridized carbons (Fsp3) is 0.520. The first-order valence-electron chi connectivity index (χ1n) is 12.6. The summed E-state index contributed by atoms with van der Waals surface area (Å²) in [7, 11) is 1.53. The number of hydrogen-bond donors (Lipinski definition) is 1. The van der Waals surface area contributed by atoms with E-state index in [1.165, 1.54) is 12.0 Å². The van der Waals surface area contributed by atoms with Gasteiger partial charge in [-0.2, -0.15) is 13.2 Å². The monoisotopic (exact) mass is 533 g/mol. The molecule has 38 heavy (non-hydrogen) atoms. The summed E-state index contributed by atoms with van der Waals surface area (Å²) < 4.78 is 55.0. The number of urea groups is 1. The summed E-state index contributed by atoms with van der Waals surface area (Å²) in [6, 6.07) is -0.369. The molecule has 1 N–H and O–H groups in total. The molecule has 1 saturated heterocycles. The molecular weight excluding hydrogens is 503 g/mol. The Morgan fingerprint density at radius 1 is 1.26 bits per heavy atom. The first kappa shape index (κ1) is 26.0. The van der Waals surface area contributed by atoms with Crippen LogP contribution in [0.2, 0.25) is 0 Å². The summed E-state index contributed by atoms with van der Waals surface area (Å²) in [4.78, 5) is 30.0. The van der Waals surface area contributed by atoms with Gasteiger partial charge >= 0.3 is 12.2 Å². The Kier molecular flexibility index (Phi) is 7.03. The van der Waals surface area contributed by atoms with Crippen LogP contribution in [0, 0.1) is 5.92 Å². The van der Waals surface area contributed by atoms with Gasteiger partial charge in [-0.05, 0) is 26.3 Å². The van der Waals surface area contributed by atoms with Gasteiger partial charge in [-0.1, -0.05) is 0 Å². The number of methoxy groups -OCH3 is 1. The Hall–Kier alpha value is -3.61. The second kappa shape index (κ2) is 10.3. The normalized spacial score (nSPS) is 24.6. The number of imidazole rings is 1. The van der Waals surface area contributed by atoms with Gasteiger partial charge in [0.25, 0.3) is 5.88 Å². The summed E-state index contributed by atoms with van der Waals surface area (Å²) in [6.45, 7) is 4.39. The number of carbonyl (C=O) groups is 1. The first-order chi connectivity index (χ1) is 18.2. The number of alkyl halides is 3. The van der Waals surface area contributed by atoms with E-state index in [1.807, 2.05) is 6.20 Å². The largest absolute Gasteiger partial charge is 0.494 e. The first-order valence-corrected chi connectivity index (χ1v) is 12.6. The highest BCUT2D eigenvalue weighted by Crippen LogP contribution is 2.36. The number of halogens is 3. The van der Waals surface area contributed by atoms with Crippen molar-refractivity contribution in [2.45, 2.75) is 38.5 Å². The number of aromatic nitrogens is 4. The van der Waals surface area contributed by atoms with Crippen molar-refractivity contribution in [3.63, 3.8) is 0 Å². The Morgan fingerprint density at radius 2 is 2.08 bits per heavy atom. The minimum absolute atomic E-state index is 0.102. The summed E-state index contributed by atoms with van der Waals surface area (Å²) in [5.41, 5.74) is 2.26. The average Bonchev–Trinajstić information content (AvgIpc) is 3.53. The van der Waals surface area contributed by atoms with Crippen LogP contribution in [0.15, 0.2) is 30.9 Å². The van der Waals surface area contributed by atoms with Gasteiger partial charge in [0.2, 0.25) is 5.65 Å². The molecule has 4 atom stereocenters. The molecule has 0 aliphatic carbocycles. The summed E-state index contributed by atoms with van der Waals surface area (Å²) >= 11 is 0. The molecule has 0 radical (unpaired) electrons. The quantitative estimate of drug-likeness (QED) is 0.538. The number of hydrogen-bond acceptors (Lipinski definition) is 7. The second-order valence-electron chi connectivity index (χ2n) is 9.53. The Morgan fingerprint density at radius 3 is 2.82 bits per heavy atom. The van der Waals surface area contributed by atoms with Gasteiger partial charge in [0.1, 0.15) is 5.75 Å². The molecule has 3 aromatic rings. The molecule has 204 valence electrons. The molecule has 0 aromatic carbocycles. The lowest BCUT2D eigenvalue weighted by atomic mass is 10.0. The third-order valence-corrected chi connectivity index (χ3v) is 7.21. The smallest absolute Gasteiger partial charge is 0.395 e. The van der Waals surface area contributed by atoms with Gasteiger partial charge < -0.3 is 29.0 Å². The van der Waals surface area contributed by atoms with Gasteiger partial charge in [-0.15, -0.1) is 0 Å². The van der Waals surface area contributed by atoms with Crippen LogP contribution >= 0.6 is 0 Å². The van der Waals surface area contributed by atoms with Crippen LogP contribution in [0.3, 0.4) is 0 Å². The number of ether oxygens (including phenoxy) is 2. The van der Waals surface area contributed by atoms with E-state index in [4.69, 9.17) is 14.5 Å². The van der Waals surface area contributed by atoms with E-state index >= 15 is 0 Å². The lowest BCUT2D eigenvalue weighted by Gasteiger charge is -2.31. The van der Waals surface area contributed by atoms with Crippen molar-refractivity contribution in [1.29, 1.82) is 0 Å². The number of pyridine rings is 1. The predicted octanol–water partition coefficient (Wildman–Crippen LogP) is 3.54. The van der Waals surface area contributed by atoms with Crippen LogP contribution in [-0.4, -0.2) is 87.3 Å². The standard InChI is InChI=1S/C25H30F3N7O3/c1-4-35-15(2)18-10-16(21(37-3)11-30-18)19-14-34-8-6-29-22(34)23(31-19)38-9-5-7-33-12-17(25(26,27)28)20(13-33)32-24(35)36/h6,8,10-11,14-15,17,20H,4-5,7,9,12-13H2,1-3H3,(H,32,36)/t15-,17?,20?/m1/s1. The highest BCUT2D eigenvalue weighted by Gasteiger charge is 2.50. The van der Waals surface area contributed by atoms with Gasteiger partial charge in [0, 0.05) is 50.3 Å². The molecule has 5 rings (SSSR count). The molecule has 2 aliphatic heterocycles. The van der Waals surface area contributed by atoms with Crippen LogP contribution in [0.25, 0.3) is 16.9 Å². The third kappa shape index (κ3) is 4.94. The molecule has 1 fully saturated rings. The van der Waals surface area contributed by atoms with Crippen molar-refractivity contribution < 1.29 is 27.4 Å². The minimum Gasteiger partial charge on any atom is -0.494 e. The van der Waals surface area contributed by atoms with E-state index in [0.717, 1.165) is 0 Å². The number of carbonyl (C=O) groups excluding carboxylic acids is 1. The number of nitrogens with one attached hydrogen (secondary N) is 1. The van der Waals surface area contributed by atoms with Crippen molar-refractivity contribution in [2.75, 3.05) is 39.9 Å². The maximum atomic E-state index is 13.9. The molecule has 2 amide bonds. The van der Waals surface area contributed by atoms with Gasteiger partial charge in [0.05, 0.1) is 49.3 Å². The van der Waals surface area contributed by atoms with E-state index in [9.17, 15) is 18.0 Å². The lowest BCUT2D eigenvalue weighted by Crippen LogP contribution is -2.51. The lowest BCUT2D eigenvalue weighted by molar-refractivity contribution is -0.174. The highest BCUT2D eigenvalue weighted by molar-refractivity contribution is 5.75. The number of rotatable bonds is 2. The van der Waals surface area contributed by atoms with Gasteiger partial charge in [-0.25, -0.2) is 14.8 Å². The van der Waals surface area contributed by atoms with Crippen LogP contribution in [0.1, 0.15) is 32.0 Å². The van der Waals surface area contributed by atoms with Crippen LogP contribution in [0.4, 0.5) is 18.0 Å². The molecule has 13 heteroatoms. The van der Waals surface area contributed by atoms with E-state index in [-0.39, 0.29) is 26.2 Å². The Labute approximate surface area is 217 Å². The minimum atomic E-state index is -4.43. The summed E-state index contributed by atoms with van der Waals surface area (Å²) in [5, 5.41) is 2.66. The Bertz CT molecular complexity index is 1320. The van der Waals surface area contributed by atoms with E-state index in [0.29, 0.717) is 47.2 Å². The van der Waals surface area contributed by atoms with Crippen molar-refractivity contribution in [3.8, 4) is 22.9 Å². The molecule has 0 spiro atoms. The van der Waals surface area contributed by atoms with E-state index in [2.05, 4.69) is 15.3 Å². The number of fused-ring (bicyclic) bond motifs is 9. The van der Waals surface area contributed by atoms with Crippen LogP contribution in [0.5, 0.6) is 11.6 Å². The fourth-order valence-electron chi connectivity index (χ4n) is 5.18. The topological polar surface area (TPSA) is 97.1 Å². The molecule has 5 heterocycles. The van der Waals surface area contributed by atoms with Crippen molar-refractivity contribution >= 4 is 11.7 Å². The van der Waals surface area contributed by atoms with Gasteiger partial charge in [0.15, 0.2) is 0 Å². The molecule has 0 saturated carbocycles. The third-order valence-electron chi connectivity index (χ3n) is 7.21. The molecule has 6 bridgehead atoms. The maximum Gasteiger partial charge on any atom is 0.395 e. The summed E-state index contributed by atoms with van der Waals surface area (Å²) in [5.74, 6) is -0.874. The van der Waals surface area contributed by atoms with Crippen molar-refractivity contribution in [2.24, 2.45) is 5.92 Å². The van der Waals surface area contributed by atoms with Crippen LogP contribution < -0.4 is 14.8 Å². The number of nitrogens with zero attached hydrogens (tertiary/aromatic N) is 6. The van der Waals surface area contributed by atoms with Crippen LogP contribution in [-0.2, 0) is 0 Å². The predicted molar refractivity (Wildman–Crippen MR) is 132 cm³/mol. The molecular formula is C25H30F3N7O3. The zero-order chi connectivity index (χ0) is 27.0. The van der Waals surface area contributed by atoms with E-state index in [1.54, 1.807) is 47.8 Å². The van der Waals surface area contributed by atoms with Crippen molar-refractivity contribution in [3.05, 3.63) is 36.5 Å². The summed E-state index contributed by atoms with van der Waals surface area (Å²) in [6.07, 6.45) is 2.81. The highest BCUT2D eigenvalue weighted by atomic mass is 19.4. The molecule has 3 aromatic heterocycles. The second-order valence-corrected chi connectivity index (χ2v) is 9.53. The Balaban J connectivity index is 1.58. The van der Waals surface area contributed by atoms with Gasteiger partial charge in [-0.3, -0.25) is 4.98 Å². The maximum absolute atomic E-state index is 13.9. The van der Waals surface area contributed by atoms with Crippen molar-refractivity contribution in [1.82, 2.24) is 34.5 Å². The zero-order valence-corrected chi connectivity index (χ0v) is 21.4. The molecule has 3 unspecified atom stereocenters. The molecule has 10 nitrogen and oxygen atoms in total. The average molecular weight is 534 g/mol. The fourth-order valence-corrected chi connectivity index (χ4v) is 5.18. The number of amides is 2. The molecule has 2 aliphatic rings. The SMILES string of the molecule is CCN1C(=O)NC2CN(CCCOc3nc(cn4ccnc34)-c3cc(ncc3OC)[C@H]1C)CC2C(F)(F)F.